The number of aryl methyl sites for hydroxylation is 1. The topological polar surface area (TPSA) is 114 Å². The van der Waals surface area contributed by atoms with E-state index in [1.54, 1.807) is 24.3 Å². The Kier molecular flexibility index (Phi) is 8.27. The van der Waals surface area contributed by atoms with Gasteiger partial charge in [-0.05, 0) is 61.0 Å². The van der Waals surface area contributed by atoms with E-state index in [9.17, 15) is 22.9 Å². The molecule has 8 nitrogen and oxygen atoms in total. The van der Waals surface area contributed by atoms with Crippen molar-refractivity contribution in [3.05, 3.63) is 89.4 Å². The van der Waals surface area contributed by atoms with Gasteiger partial charge in [-0.2, -0.15) is 8.78 Å². The van der Waals surface area contributed by atoms with Crippen LogP contribution >= 0.6 is 0 Å². The third kappa shape index (κ3) is 6.19. The largest absolute Gasteiger partial charge is 0.435 e. The van der Waals surface area contributed by atoms with Crippen molar-refractivity contribution in [1.29, 1.82) is 0 Å². The summed E-state index contributed by atoms with van der Waals surface area (Å²) in [5.74, 6) is -0.306. The lowest BCUT2D eigenvalue weighted by Gasteiger charge is -2.16. The standard InChI is InChI=1S/C26H25F2N3O5S/c1-2-31-19(11-16-3-6-20(7-4-16)36-26(27)28)13-18-12-17(5-10-24(18)31)25(33)30-23(15-32)22-9-8-21(14-29-22)37(34)35/h3-10,12-14,23,26,32H,2,11,15H2,1H3,(H,30,33)(H,34,35)/t23-/m0/s1. The van der Waals surface area contributed by atoms with Crippen LogP contribution < -0.4 is 10.1 Å². The summed E-state index contributed by atoms with van der Waals surface area (Å²) in [4.78, 5) is 17.1. The van der Waals surface area contributed by atoms with Crippen molar-refractivity contribution in [2.24, 2.45) is 0 Å². The molecule has 0 spiro atoms. The molecule has 2 atom stereocenters. The van der Waals surface area contributed by atoms with Crippen molar-refractivity contribution < 1.29 is 32.2 Å². The highest BCUT2D eigenvalue weighted by atomic mass is 32.2. The fraction of sp³-hybridized carbons (Fsp3) is 0.231. The zero-order valence-electron chi connectivity index (χ0n) is 19.8. The molecule has 0 aliphatic heterocycles. The van der Waals surface area contributed by atoms with Crippen LogP contribution in [0.3, 0.4) is 0 Å². The van der Waals surface area contributed by atoms with Gasteiger partial charge in [-0.15, -0.1) is 0 Å². The molecule has 1 unspecified atom stereocenters. The fourth-order valence-electron chi connectivity index (χ4n) is 4.14. The van der Waals surface area contributed by atoms with Gasteiger partial charge in [0.2, 0.25) is 0 Å². The Balaban J connectivity index is 1.53. The van der Waals surface area contributed by atoms with E-state index in [2.05, 4.69) is 19.6 Å². The normalized spacial score (nSPS) is 13.0. The Labute approximate surface area is 214 Å². The third-order valence-electron chi connectivity index (χ3n) is 5.91. The minimum absolute atomic E-state index is 0.0983. The van der Waals surface area contributed by atoms with Crippen LogP contribution in [0.5, 0.6) is 5.75 Å². The highest BCUT2D eigenvalue weighted by Crippen LogP contribution is 2.25. The highest BCUT2D eigenvalue weighted by molar-refractivity contribution is 7.79. The Morgan fingerprint density at radius 1 is 1.14 bits per heavy atom. The van der Waals surface area contributed by atoms with Gasteiger partial charge in [0.05, 0.1) is 23.2 Å². The van der Waals surface area contributed by atoms with Crippen LogP contribution in [-0.2, 0) is 24.0 Å². The van der Waals surface area contributed by atoms with E-state index in [1.807, 2.05) is 19.1 Å². The van der Waals surface area contributed by atoms with E-state index in [1.165, 1.54) is 30.5 Å². The van der Waals surface area contributed by atoms with Gasteiger partial charge in [-0.3, -0.25) is 9.78 Å². The van der Waals surface area contributed by atoms with Gasteiger partial charge in [0.15, 0.2) is 11.1 Å². The lowest BCUT2D eigenvalue weighted by molar-refractivity contribution is -0.0498. The molecule has 1 amide bonds. The van der Waals surface area contributed by atoms with E-state index in [4.69, 9.17) is 4.55 Å². The molecule has 0 saturated heterocycles. The summed E-state index contributed by atoms with van der Waals surface area (Å²) in [6.45, 7) is -0.564. The van der Waals surface area contributed by atoms with Gasteiger partial charge in [0.1, 0.15) is 5.75 Å². The summed E-state index contributed by atoms with van der Waals surface area (Å²) in [6.07, 6.45) is 1.78. The molecule has 11 heteroatoms. The molecule has 0 bridgehead atoms. The molecule has 2 heterocycles. The van der Waals surface area contributed by atoms with Gasteiger partial charge in [-0.25, -0.2) is 4.21 Å². The molecule has 3 N–H and O–H groups in total. The maximum Gasteiger partial charge on any atom is 0.387 e. The Hall–Kier alpha value is -3.67. The first-order valence-corrected chi connectivity index (χ1v) is 12.5. The molecule has 0 radical (unpaired) electrons. The third-order valence-corrected chi connectivity index (χ3v) is 6.55. The van der Waals surface area contributed by atoms with Crippen LogP contribution in [0.25, 0.3) is 10.9 Å². The quantitative estimate of drug-likeness (QED) is 0.264. The summed E-state index contributed by atoms with van der Waals surface area (Å²) in [6, 6.07) is 15.9. The van der Waals surface area contributed by atoms with Crippen LogP contribution in [0.1, 0.15) is 40.3 Å². The van der Waals surface area contributed by atoms with E-state index in [0.717, 1.165) is 22.2 Å². The maximum absolute atomic E-state index is 13.0. The molecule has 0 fully saturated rings. The number of hydrogen-bond acceptors (Lipinski definition) is 5. The maximum atomic E-state index is 13.0. The lowest BCUT2D eigenvalue weighted by atomic mass is 10.1. The molecule has 4 rings (SSSR count). The predicted octanol–water partition coefficient (Wildman–Crippen LogP) is 4.29. The Morgan fingerprint density at radius 2 is 1.89 bits per heavy atom. The fourth-order valence-corrected chi connectivity index (χ4v) is 4.47. The number of nitrogens with zero attached hydrogens (tertiary/aromatic N) is 2. The number of alkyl halides is 2. The molecule has 2 aromatic carbocycles. The second-order valence-electron chi connectivity index (χ2n) is 8.23. The first kappa shape index (κ1) is 26.4. The molecule has 37 heavy (non-hydrogen) atoms. The van der Waals surface area contributed by atoms with Crippen molar-refractivity contribution in [3.63, 3.8) is 0 Å². The highest BCUT2D eigenvalue weighted by Gasteiger charge is 2.18. The second-order valence-corrected chi connectivity index (χ2v) is 9.20. The van der Waals surface area contributed by atoms with E-state index in [0.29, 0.717) is 24.2 Å². The molecule has 0 aliphatic carbocycles. The zero-order chi connectivity index (χ0) is 26.5. The summed E-state index contributed by atoms with van der Waals surface area (Å²) < 4.78 is 51.6. The lowest BCUT2D eigenvalue weighted by Crippen LogP contribution is -2.31. The summed E-state index contributed by atoms with van der Waals surface area (Å²) >= 11 is -2.17. The number of hydrogen-bond donors (Lipinski definition) is 3. The van der Waals surface area contributed by atoms with Crippen molar-refractivity contribution in [2.75, 3.05) is 6.61 Å². The van der Waals surface area contributed by atoms with Crippen molar-refractivity contribution >= 4 is 27.9 Å². The zero-order valence-corrected chi connectivity index (χ0v) is 20.6. The monoisotopic (exact) mass is 529 g/mol. The van der Waals surface area contributed by atoms with Gasteiger partial charge in [0, 0.05) is 41.3 Å². The number of pyridine rings is 1. The molecular formula is C26H25F2N3O5S. The number of amides is 1. The molecule has 2 aromatic heterocycles. The number of carbonyl (C=O) groups is 1. The molecule has 194 valence electrons. The number of benzene rings is 2. The number of ether oxygens (including phenoxy) is 1. The number of aliphatic hydroxyl groups excluding tert-OH is 1. The van der Waals surface area contributed by atoms with Crippen LogP contribution in [-0.4, -0.2) is 42.5 Å². The molecule has 0 aliphatic rings. The van der Waals surface area contributed by atoms with Crippen molar-refractivity contribution in [2.45, 2.75) is 37.4 Å². The van der Waals surface area contributed by atoms with E-state index < -0.39 is 36.2 Å². The summed E-state index contributed by atoms with van der Waals surface area (Å²) in [5, 5.41) is 13.4. The number of aliphatic hydroxyl groups is 1. The van der Waals surface area contributed by atoms with Crippen molar-refractivity contribution in [1.82, 2.24) is 14.9 Å². The van der Waals surface area contributed by atoms with Gasteiger partial charge < -0.3 is 24.3 Å². The number of carbonyl (C=O) groups excluding carboxylic acids is 1. The van der Waals surface area contributed by atoms with Gasteiger partial charge in [-0.1, -0.05) is 12.1 Å². The van der Waals surface area contributed by atoms with Crippen molar-refractivity contribution in [3.8, 4) is 5.75 Å². The second kappa shape index (κ2) is 11.6. The smallest absolute Gasteiger partial charge is 0.387 e. The predicted molar refractivity (Wildman–Crippen MR) is 134 cm³/mol. The number of fused-ring (bicyclic) bond motifs is 1. The van der Waals surface area contributed by atoms with Crippen LogP contribution in [0, 0.1) is 0 Å². The van der Waals surface area contributed by atoms with E-state index >= 15 is 0 Å². The first-order chi connectivity index (χ1) is 17.8. The minimum atomic E-state index is -2.87. The molecule has 4 aromatic rings. The number of aromatic nitrogens is 2. The Bertz CT molecular complexity index is 1410. The average molecular weight is 530 g/mol. The minimum Gasteiger partial charge on any atom is -0.435 e. The van der Waals surface area contributed by atoms with Crippen LogP contribution in [0.4, 0.5) is 8.78 Å². The summed E-state index contributed by atoms with van der Waals surface area (Å²) in [5.41, 5.74) is 3.62. The SMILES string of the molecule is CCn1c(Cc2ccc(OC(F)F)cc2)cc2cc(C(=O)N[C@@H](CO)c3ccc(S(=O)O)cn3)ccc21. The number of halogens is 2. The van der Waals surface area contributed by atoms with Crippen LogP contribution in [0.15, 0.2) is 71.8 Å². The van der Waals surface area contributed by atoms with E-state index in [-0.39, 0.29) is 10.6 Å². The first-order valence-electron chi connectivity index (χ1n) is 11.4. The molecular weight excluding hydrogens is 504 g/mol. The Morgan fingerprint density at radius 3 is 2.49 bits per heavy atom. The van der Waals surface area contributed by atoms with Gasteiger partial charge in [0.25, 0.3) is 5.91 Å². The van der Waals surface area contributed by atoms with Gasteiger partial charge >= 0.3 is 6.61 Å². The summed E-state index contributed by atoms with van der Waals surface area (Å²) in [7, 11) is 0. The number of nitrogens with one attached hydrogen (secondary N) is 1. The number of rotatable bonds is 10. The van der Waals surface area contributed by atoms with Crippen LogP contribution in [0.2, 0.25) is 0 Å². The average Bonchev–Trinajstić information content (AvgIpc) is 3.24. The molecule has 0 saturated carbocycles.